The minimum atomic E-state index is -3.82. The number of nitrogens with zero attached hydrogens (tertiary/aromatic N) is 3. The van der Waals surface area contributed by atoms with Crippen molar-refractivity contribution in [2.45, 2.75) is 4.21 Å². The molecule has 8 nitrogen and oxygen atoms in total. The number of rotatable bonds is 4. The number of aromatic nitrogens is 1. The van der Waals surface area contributed by atoms with Gasteiger partial charge in [-0.15, -0.1) is 11.3 Å². The van der Waals surface area contributed by atoms with Gasteiger partial charge in [0.2, 0.25) is 0 Å². The minimum Gasteiger partial charge on any atom is -0.478 e. The molecule has 26 heavy (non-hydrogen) atoms. The second-order valence-corrected chi connectivity index (χ2v) is 8.62. The number of hydrogen-bond donors (Lipinski definition) is 1. The summed E-state index contributed by atoms with van der Waals surface area (Å²) in [4.78, 5) is 28.3. The first-order valence-electron chi connectivity index (χ1n) is 7.51. The van der Waals surface area contributed by atoms with Crippen LogP contribution in [0.15, 0.2) is 34.1 Å². The van der Waals surface area contributed by atoms with Gasteiger partial charge in [0.1, 0.15) is 10.0 Å². The SMILES string of the molecule is O=C(O)c1csc(S(=O)(=O)N2CCN(C(=O)c3cncc(F)c3)CC2)c1. The molecule has 1 fully saturated rings. The van der Waals surface area contributed by atoms with Crippen molar-refractivity contribution in [2.75, 3.05) is 26.2 Å². The molecule has 0 spiro atoms. The van der Waals surface area contributed by atoms with Gasteiger partial charge in [0, 0.05) is 37.8 Å². The standard InChI is InChI=1S/C15H14FN3O5S2/c16-12-5-10(7-17-8-12)14(20)18-1-3-19(4-2-18)26(23,24)13-6-11(9-25-13)15(21)22/h5-9H,1-4H2,(H,21,22). The Bertz CT molecular complexity index is 952. The maximum Gasteiger partial charge on any atom is 0.336 e. The van der Waals surface area contributed by atoms with Crippen LogP contribution in [0.1, 0.15) is 20.7 Å². The van der Waals surface area contributed by atoms with Crippen LogP contribution >= 0.6 is 11.3 Å². The van der Waals surface area contributed by atoms with Gasteiger partial charge in [-0.2, -0.15) is 4.31 Å². The van der Waals surface area contributed by atoms with Crippen LogP contribution < -0.4 is 0 Å². The highest BCUT2D eigenvalue weighted by atomic mass is 32.2. The molecular formula is C15H14FN3O5S2. The van der Waals surface area contributed by atoms with E-state index in [1.54, 1.807) is 0 Å². The summed E-state index contributed by atoms with van der Waals surface area (Å²) in [5.74, 6) is -2.23. The lowest BCUT2D eigenvalue weighted by Crippen LogP contribution is -2.50. The molecule has 0 atom stereocenters. The van der Waals surface area contributed by atoms with Crippen LogP contribution in [0.3, 0.4) is 0 Å². The smallest absolute Gasteiger partial charge is 0.336 e. The van der Waals surface area contributed by atoms with Gasteiger partial charge < -0.3 is 10.0 Å². The van der Waals surface area contributed by atoms with Crippen molar-refractivity contribution in [3.63, 3.8) is 0 Å². The summed E-state index contributed by atoms with van der Waals surface area (Å²) in [6.45, 7) is 0.422. The van der Waals surface area contributed by atoms with E-state index in [1.165, 1.54) is 20.8 Å². The number of thiophene rings is 1. The van der Waals surface area contributed by atoms with Gasteiger partial charge in [-0.05, 0) is 12.1 Å². The van der Waals surface area contributed by atoms with Crippen LogP contribution in [-0.4, -0.2) is 65.8 Å². The molecule has 11 heteroatoms. The van der Waals surface area contributed by atoms with Crippen molar-refractivity contribution in [2.24, 2.45) is 0 Å². The van der Waals surface area contributed by atoms with Gasteiger partial charge in [-0.1, -0.05) is 0 Å². The summed E-state index contributed by atoms with van der Waals surface area (Å²) in [5.41, 5.74) is 0.0201. The normalized spacial score (nSPS) is 15.8. The largest absolute Gasteiger partial charge is 0.478 e. The van der Waals surface area contributed by atoms with Gasteiger partial charge in [-0.25, -0.2) is 17.6 Å². The van der Waals surface area contributed by atoms with Gasteiger partial charge in [0.05, 0.1) is 17.3 Å². The van der Waals surface area contributed by atoms with Crippen molar-refractivity contribution in [1.82, 2.24) is 14.2 Å². The molecule has 0 aromatic carbocycles. The lowest BCUT2D eigenvalue weighted by Gasteiger charge is -2.33. The number of carboxylic acid groups (broad SMARTS) is 1. The van der Waals surface area contributed by atoms with Crippen LogP contribution in [0.4, 0.5) is 4.39 Å². The number of carbonyl (C=O) groups is 2. The van der Waals surface area contributed by atoms with Gasteiger partial charge in [-0.3, -0.25) is 9.78 Å². The molecule has 0 aliphatic carbocycles. The van der Waals surface area contributed by atoms with Crippen molar-refractivity contribution < 1.29 is 27.5 Å². The van der Waals surface area contributed by atoms with Crippen molar-refractivity contribution in [3.8, 4) is 0 Å². The maximum absolute atomic E-state index is 13.2. The highest BCUT2D eigenvalue weighted by molar-refractivity contribution is 7.91. The number of halogens is 1. The average Bonchev–Trinajstić information content (AvgIpc) is 3.12. The number of carbonyl (C=O) groups excluding carboxylic acids is 1. The predicted molar refractivity (Wildman–Crippen MR) is 90.1 cm³/mol. The molecule has 3 heterocycles. The summed E-state index contributed by atoms with van der Waals surface area (Å²) in [6.07, 6.45) is 2.25. The minimum absolute atomic E-state index is 0.0518. The fourth-order valence-corrected chi connectivity index (χ4v) is 5.26. The molecule has 0 radical (unpaired) electrons. The number of hydrogen-bond acceptors (Lipinski definition) is 6. The van der Waals surface area contributed by atoms with Crippen LogP contribution in [0.25, 0.3) is 0 Å². The molecule has 0 saturated carbocycles. The average molecular weight is 399 g/mol. The van der Waals surface area contributed by atoms with Crippen LogP contribution in [-0.2, 0) is 10.0 Å². The second-order valence-electron chi connectivity index (χ2n) is 5.55. The summed E-state index contributed by atoms with van der Waals surface area (Å²) < 4.78 is 39.5. The molecule has 1 aliphatic heterocycles. The Balaban J connectivity index is 1.69. The molecule has 2 aromatic rings. The molecule has 0 bridgehead atoms. The third kappa shape index (κ3) is 3.59. The fourth-order valence-electron chi connectivity index (χ4n) is 2.53. The predicted octanol–water partition coefficient (Wildman–Crippen LogP) is 1.13. The van der Waals surface area contributed by atoms with Gasteiger partial charge in [0.15, 0.2) is 0 Å². The summed E-state index contributed by atoms with van der Waals surface area (Å²) >= 11 is 0.843. The monoisotopic (exact) mass is 399 g/mol. The lowest BCUT2D eigenvalue weighted by atomic mass is 10.2. The molecule has 1 N–H and O–H groups in total. The number of amides is 1. The van der Waals surface area contributed by atoms with Crippen molar-refractivity contribution >= 4 is 33.2 Å². The van der Waals surface area contributed by atoms with Crippen LogP contribution in [0, 0.1) is 5.82 Å². The molecular weight excluding hydrogens is 385 g/mol. The topological polar surface area (TPSA) is 108 Å². The maximum atomic E-state index is 13.2. The Morgan fingerprint density at radius 2 is 1.81 bits per heavy atom. The van der Waals surface area contributed by atoms with E-state index < -0.39 is 27.7 Å². The fraction of sp³-hybridized carbons (Fsp3) is 0.267. The Hall–Kier alpha value is -2.37. The first-order chi connectivity index (χ1) is 12.3. The second kappa shape index (κ2) is 7.09. The third-order valence-corrected chi connectivity index (χ3v) is 7.21. The zero-order chi connectivity index (χ0) is 18.9. The van der Waals surface area contributed by atoms with E-state index in [-0.39, 0.29) is 41.5 Å². The molecule has 2 aromatic heterocycles. The third-order valence-electron chi connectivity index (χ3n) is 3.89. The van der Waals surface area contributed by atoms with E-state index >= 15 is 0 Å². The number of sulfonamides is 1. The van der Waals surface area contributed by atoms with E-state index in [0.717, 1.165) is 29.7 Å². The zero-order valence-electron chi connectivity index (χ0n) is 13.3. The summed E-state index contributed by atoms with van der Waals surface area (Å²) in [5, 5.41) is 10.2. The Morgan fingerprint density at radius 1 is 1.12 bits per heavy atom. The van der Waals surface area contributed by atoms with E-state index in [0.29, 0.717) is 0 Å². The molecule has 1 amide bonds. The van der Waals surface area contributed by atoms with E-state index in [9.17, 15) is 22.4 Å². The zero-order valence-corrected chi connectivity index (χ0v) is 15.0. The molecule has 1 saturated heterocycles. The quantitative estimate of drug-likeness (QED) is 0.826. The Labute approximate surface area is 152 Å². The number of pyridine rings is 1. The van der Waals surface area contributed by atoms with Crippen molar-refractivity contribution in [3.05, 3.63) is 46.9 Å². The first kappa shape index (κ1) is 18.4. The number of aromatic carboxylic acids is 1. The van der Waals surface area contributed by atoms with Gasteiger partial charge >= 0.3 is 5.97 Å². The molecule has 0 unspecified atom stereocenters. The lowest BCUT2D eigenvalue weighted by molar-refractivity contribution is 0.0688. The Kier molecular flexibility index (Phi) is 5.03. The molecule has 138 valence electrons. The Morgan fingerprint density at radius 3 is 2.38 bits per heavy atom. The van der Waals surface area contributed by atoms with Gasteiger partial charge in [0.25, 0.3) is 15.9 Å². The van der Waals surface area contributed by atoms with E-state index in [4.69, 9.17) is 5.11 Å². The highest BCUT2D eigenvalue weighted by Crippen LogP contribution is 2.25. The molecule has 1 aliphatic rings. The number of piperazine rings is 1. The van der Waals surface area contributed by atoms with Crippen LogP contribution in [0.2, 0.25) is 0 Å². The van der Waals surface area contributed by atoms with Crippen molar-refractivity contribution in [1.29, 1.82) is 0 Å². The van der Waals surface area contributed by atoms with E-state index in [2.05, 4.69) is 4.98 Å². The summed E-state index contributed by atoms with van der Waals surface area (Å²) in [7, 11) is -3.82. The first-order valence-corrected chi connectivity index (χ1v) is 9.83. The highest BCUT2D eigenvalue weighted by Gasteiger charge is 2.32. The molecule has 3 rings (SSSR count). The van der Waals surface area contributed by atoms with E-state index in [1.807, 2.05) is 0 Å². The summed E-state index contributed by atoms with van der Waals surface area (Å²) in [6, 6.07) is 2.20. The van der Waals surface area contributed by atoms with Crippen LogP contribution in [0.5, 0.6) is 0 Å². The number of carboxylic acids is 1.